The van der Waals surface area contributed by atoms with Crippen LogP contribution in [0.15, 0.2) is 36.4 Å². The van der Waals surface area contributed by atoms with Crippen molar-refractivity contribution in [3.63, 3.8) is 0 Å². The Labute approximate surface area is 104 Å². The van der Waals surface area contributed by atoms with Crippen LogP contribution in [0, 0.1) is 13.8 Å². The molecule has 4 aromatic rings. The zero-order valence-corrected chi connectivity index (χ0v) is 10.4. The van der Waals surface area contributed by atoms with Crippen molar-refractivity contribution in [3.8, 4) is 0 Å². The number of hydrogen-bond acceptors (Lipinski definition) is 1. The first-order valence-corrected chi connectivity index (χ1v) is 6.10. The summed E-state index contributed by atoms with van der Waals surface area (Å²) in [6, 6.07) is 12.6. The number of aromatic nitrogens is 3. The van der Waals surface area contributed by atoms with Gasteiger partial charge in [0.2, 0.25) is 0 Å². The topological polar surface area (TPSA) is 33.1 Å². The lowest BCUT2D eigenvalue weighted by atomic mass is 10.2. The molecule has 0 amide bonds. The molecular weight excluding hydrogens is 222 g/mol. The number of nitrogens with zero attached hydrogens (tertiary/aromatic N) is 2. The van der Waals surface area contributed by atoms with E-state index in [1.807, 2.05) is 6.07 Å². The highest BCUT2D eigenvalue weighted by Crippen LogP contribution is 2.26. The maximum atomic E-state index is 4.76. The molecule has 3 aromatic heterocycles. The third kappa shape index (κ3) is 1.11. The molecule has 0 fully saturated rings. The zero-order valence-electron chi connectivity index (χ0n) is 10.4. The summed E-state index contributed by atoms with van der Waals surface area (Å²) in [4.78, 5) is 8.22. The van der Waals surface area contributed by atoms with Crippen LogP contribution >= 0.6 is 0 Å². The molecule has 3 heterocycles. The Kier molecular flexibility index (Phi) is 1.69. The quantitative estimate of drug-likeness (QED) is 0.496. The normalized spacial score (nSPS) is 11.9. The van der Waals surface area contributed by atoms with Gasteiger partial charge >= 0.3 is 0 Å². The van der Waals surface area contributed by atoms with Crippen LogP contribution in [-0.4, -0.2) is 14.4 Å². The molecule has 88 valence electrons. The van der Waals surface area contributed by atoms with Crippen molar-refractivity contribution in [2.24, 2.45) is 0 Å². The summed E-state index contributed by atoms with van der Waals surface area (Å²) < 4.78 is 2.18. The van der Waals surface area contributed by atoms with Crippen LogP contribution < -0.4 is 0 Å². The van der Waals surface area contributed by atoms with Crippen LogP contribution in [0.4, 0.5) is 0 Å². The lowest BCUT2D eigenvalue weighted by Crippen LogP contribution is -1.92. The Morgan fingerprint density at radius 2 is 1.94 bits per heavy atom. The number of imidazole rings is 1. The van der Waals surface area contributed by atoms with Crippen LogP contribution in [0.1, 0.15) is 11.3 Å². The van der Waals surface area contributed by atoms with Gasteiger partial charge < -0.3 is 4.98 Å². The number of hydrogen-bond donors (Lipinski definition) is 1. The Morgan fingerprint density at radius 1 is 1.11 bits per heavy atom. The average Bonchev–Trinajstić information content (AvgIpc) is 2.83. The van der Waals surface area contributed by atoms with Gasteiger partial charge in [-0.05, 0) is 37.6 Å². The first-order chi connectivity index (χ1) is 8.74. The smallest absolute Gasteiger partial charge is 0.143 e. The van der Waals surface area contributed by atoms with E-state index in [0.29, 0.717) is 0 Å². The molecule has 4 rings (SSSR count). The summed E-state index contributed by atoms with van der Waals surface area (Å²) in [5.41, 5.74) is 6.75. The molecule has 3 heteroatoms. The number of rotatable bonds is 0. The highest BCUT2D eigenvalue weighted by molar-refractivity contribution is 6.05. The first-order valence-electron chi connectivity index (χ1n) is 6.10. The molecule has 3 nitrogen and oxygen atoms in total. The van der Waals surface area contributed by atoms with Crippen molar-refractivity contribution in [2.45, 2.75) is 13.8 Å². The maximum Gasteiger partial charge on any atom is 0.143 e. The van der Waals surface area contributed by atoms with Gasteiger partial charge in [-0.2, -0.15) is 0 Å². The van der Waals surface area contributed by atoms with Crippen molar-refractivity contribution in [1.29, 1.82) is 0 Å². The molecule has 0 radical (unpaired) electrons. The van der Waals surface area contributed by atoms with E-state index in [9.17, 15) is 0 Å². The van der Waals surface area contributed by atoms with Gasteiger partial charge in [-0.15, -0.1) is 0 Å². The van der Waals surface area contributed by atoms with E-state index in [0.717, 1.165) is 22.3 Å². The van der Waals surface area contributed by atoms with E-state index in [1.54, 1.807) is 0 Å². The summed E-state index contributed by atoms with van der Waals surface area (Å²) >= 11 is 0. The first kappa shape index (κ1) is 9.71. The molecule has 0 aliphatic carbocycles. The average molecular weight is 235 g/mol. The number of fused-ring (bicyclic) bond motifs is 5. The molecule has 0 saturated heterocycles. The predicted octanol–water partition coefficient (Wildman–Crippen LogP) is 3.59. The van der Waals surface area contributed by atoms with Gasteiger partial charge in [-0.3, -0.25) is 4.40 Å². The SMILES string of the molecule is Cc1cc(C)n2c(c1)nc1c3ccccc3[nH]c12. The summed E-state index contributed by atoms with van der Waals surface area (Å²) in [5, 5.41) is 1.19. The second kappa shape index (κ2) is 3.13. The molecule has 1 aromatic carbocycles. The fourth-order valence-electron chi connectivity index (χ4n) is 2.76. The lowest BCUT2D eigenvalue weighted by Gasteiger charge is -2.01. The van der Waals surface area contributed by atoms with Gasteiger partial charge in [-0.25, -0.2) is 4.98 Å². The molecular formula is C15H13N3. The Morgan fingerprint density at radius 3 is 2.83 bits per heavy atom. The van der Waals surface area contributed by atoms with E-state index in [1.165, 1.54) is 16.6 Å². The Bertz CT molecular complexity index is 896. The highest BCUT2D eigenvalue weighted by atomic mass is 15.1. The van der Waals surface area contributed by atoms with E-state index in [4.69, 9.17) is 4.98 Å². The number of aryl methyl sites for hydroxylation is 2. The largest absolute Gasteiger partial charge is 0.339 e. The molecule has 0 atom stereocenters. The summed E-state index contributed by atoms with van der Waals surface area (Å²) in [7, 11) is 0. The maximum absolute atomic E-state index is 4.76. The van der Waals surface area contributed by atoms with Crippen LogP contribution in [0.3, 0.4) is 0 Å². The monoisotopic (exact) mass is 235 g/mol. The van der Waals surface area contributed by atoms with Crippen molar-refractivity contribution in [2.75, 3.05) is 0 Å². The summed E-state index contributed by atoms with van der Waals surface area (Å²) in [5.74, 6) is 0. The molecule has 0 aliphatic rings. The minimum Gasteiger partial charge on any atom is -0.339 e. The number of aromatic amines is 1. The van der Waals surface area contributed by atoms with E-state index in [-0.39, 0.29) is 0 Å². The Hall–Kier alpha value is -2.29. The van der Waals surface area contributed by atoms with E-state index >= 15 is 0 Å². The fraction of sp³-hybridized carbons (Fsp3) is 0.133. The van der Waals surface area contributed by atoms with Crippen LogP contribution in [0.5, 0.6) is 0 Å². The number of H-pyrrole nitrogens is 1. The highest BCUT2D eigenvalue weighted by Gasteiger charge is 2.12. The van der Waals surface area contributed by atoms with Crippen molar-refractivity contribution in [1.82, 2.24) is 14.4 Å². The van der Waals surface area contributed by atoms with Crippen molar-refractivity contribution in [3.05, 3.63) is 47.7 Å². The fourth-order valence-corrected chi connectivity index (χ4v) is 2.76. The number of nitrogens with one attached hydrogen (secondary N) is 1. The molecule has 0 unspecified atom stereocenters. The second-order valence-corrected chi connectivity index (χ2v) is 4.85. The predicted molar refractivity (Wildman–Crippen MR) is 74.0 cm³/mol. The molecule has 0 saturated carbocycles. The van der Waals surface area contributed by atoms with Gasteiger partial charge in [0.15, 0.2) is 0 Å². The number of benzene rings is 1. The van der Waals surface area contributed by atoms with Crippen molar-refractivity contribution < 1.29 is 0 Å². The van der Waals surface area contributed by atoms with Gasteiger partial charge in [0.25, 0.3) is 0 Å². The minimum atomic E-state index is 1.01. The summed E-state index contributed by atoms with van der Waals surface area (Å²) in [6.45, 7) is 4.22. The number of para-hydroxylation sites is 1. The van der Waals surface area contributed by atoms with Crippen LogP contribution in [0.25, 0.3) is 27.7 Å². The van der Waals surface area contributed by atoms with Crippen LogP contribution in [-0.2, 0) is 0 Å². The van der Waals surface area contributed by atoms with Gasteiger partial charge in [0, 0.05) is 16.6 Å². The Balaban J connectivity index is 2.31. The summed E-state index contributed by atoms with van der Waals surface area (Å²) in [6.07, 6.45) is 0. The van der Waals surface area contributed by atoms with E-state index in [2.05, 4.69) is 53.6 Å². The zero-order chi connectivity index (χ0) is 12.3. The van der Waals surface area contributed by atoms with Crippen LogP contribution in [0.2, 0.25) is 0 Å². The third-order valence-electron chi connectivity index (χ3n) is 3.48. The lowest BCUT2D eigenvalue weighted by molar-refractivity contribution is 1.10. The number of pyridine rings is 1. The van der Waals surface area contributed by atoms with E-state index < -0.39 is 0 Å². The van der Waals surface area contributed by atoms with Gasteiger partial charge in [0.1, 0.15) is 16.8 Å². The minimum absolute atomic E-state index is 1.01. The molecule has 18 heavy (non-hydrogen) atoms. The molecule has 0 spiro atoms. The van der Waals surface area contributed by atoms with Gasteiger partial charge in [0.05, 0.1) is 0 Å². The molecule has 1 N–H and O–H groups in total. The molecule has 0 bridgehead atoms. The third-order valence-corrected chi connectivity index (χ3v) is 3.48. The molecule has 0 aliphatic heterocycles. The second-order valence-electron chi connectivity index (χ2n) is 4.85. The van der Waals surface area contributed by atoms with Crippen molar-refractivity contribution >= 4 is 27.7 Å². The van der Waals surface area contributed by atoms with Gasteiger partial charge in [-0.1, -0.05) is 18.2 Å². The standard InChI is InChI=1S/C15H13N3/c1-9-7-10(2)18-13(8-9)17-14-11-5-3-4-6-12(11)16-15(14)18/h3-8,16H,1-2H3.